The molecule has 1 aliphatic carbocycles. The van der Waals surface area contributed by atoms with Crippen LogP contribution in [0.2, 0.25) is 0 Å². The van der Waals surface area contributed by atoms with Gasteiger partial charge in [-0.15, -0.1) is 0 Å². The molecule has 0 radical (unpaired) electrons. The maximum atomic E-state index is 12.5. The van der Waals surface area contributed by atoms with Gasteiger partial charge in [0.05, 0.1) is 23.6 Å². The summed E-state index contributed by atoms with van der Waals surface area (Å²) in [5.74, 6) is -1.50. The number of benzene rings is 1. The summed E-state index contributed by atoms with van der Waals surface area (Å²) in [5, 5.41) is 8.96. The average Bonchev–Trinajstić information content (AvgIpc) is 2.72. The zero-order valence-corrected chi connectivity index (χ0v) is 11.9. The van der Waals surface area contributed by atoms with Gasteiger partial charge in [-0.05, 0) is 30.5 Å². The van der Waals surface area contributed by atoms with Crippen molar-refractivity contribution in [2.45, 2.75) is 31.7 Å². The first-order valence-electron chi connectivity index (χ1n) is 7.19. The lowest BCUT2D eigenvalue weighted by atomic mass is 9.92. The number of fused-ring (bicyclic) bond motifs is 1. The van der Waals surface area contributed by atoms with Crippen molar-refractivity contribution >= 4 is 23.4 Å². The summed E-state index contributed by atoms with van der Waals surface area (Å²) >= 11 is 0. The molecule has 1 heterocycles. The van der Waals surface area contributed by atoms with Crippen molar-refractivity contribution in [1.82, 2.24) is 4.90 Å². The number of hydrogen-bond acceptors (Lipinski definition) is 5. The lowest BCUT2D eigenvalue weighted by Gasteiger charge is -2.27. The lowest BCUT2D eigenvalue weighted by molar-refractivity contribution is -0.132. The van der Waals surface area contributed by atoms with Gasteiger partial charge in [-0.25, -0.2) is 0 Å². The zero-order valence-electron chi connectivity index (χ0n) is 11.9. The number of nitrogens with zero attached hydrogens (tertiary/aromatic N) is 1. The van der Waals surface area contributed by atoms with Gasteiger partial charge in [0, 0.05) is 13.0 Å². The zero-order chi connectivity index (χ0) is 15.9. The summed E-state index contributed by atoms with van der Waals surface area (Å²) in [5.41, 5.74) is 1.30. The van der Waals surface area contributed by atoms with Crippen LogP contribution in [0.3, 0.4) is 0 Å². The topological polar surface area (TPSA) is 91.8 Å². The van der Waals surface area contributed by atoms with E-state index in [1.54, 1.807) is 18.2 Å². The number of ketones is 2. The summed E-state index contributed by atoms with van der Waals surface area (Å²) in [6.07, 6.45) is 0.589. The molecule has 1 fully saturated rings. The second-order valence-electron chi connectivity index (χ2n) is 5.57. The molecule has 2 amide bonds. The number of Topliss-reactive ketones (excluding diaryl/α,β-unsaturated/α-hetero) is 2. The minimum absolute atomic E-state index is 0.0478. The number of rotatable bonds is 3. The molecule has 1 saturated carbocycles. The van der Waals surface area contributed by atoms with E-state index in [4.69, 9.17) is 5.11 Å². The molecule has 3 rings (SSSR count). The van der Waals surface area contributed by atoms with E-state index in [2.05, 4.69) is 0 Å². The van der Waals surface area contributed by atoms with E-state index in [0.717, 1.165) is 10.5 Å². The molecular formula is C16H15NO5. The van der Waals surface area contributed by atoms with Gasteiger partial charge in [0.1, 0.15) is 5.78 Å². The Hall–Kier alpha value is -2.34. The first-order chi connectivity index (χ1) is 10.5. The lowest BCUT2D eigenvalue weighted by Crippen LogP contribution is -2.47. The molecule has 1 aromatic rings. The molecule has 1 aliphatic heterocycles. The molecule has 0 bridgehead atoms. The van der Waals surface area contributed by atoms with E-state index < -0.39 is 17.9 Å². The number of aliphatic hydroxyl groups is 1. The Labute approximate surface area is 126 Å². The summed E-state index contributed by atoms with van der Waals surface area (Å²) < 4.78 is 0. The van der Waals surface area contributed by atoms with Crippen molar-refractivity contribution < 1.29 is 24.3 Å². The highest BCUT2D eigenvalue weighted by Gasteiger charge is 2.44. The third kappa shape index (κ3) is 2.25. The Bertz CT molecular complexity index is 694. The van der Waals surface area contributed by atoms with Crippen LogP contribution in [0.25, 0.3) is 0 Å². The van der Waals surface area contributed by atoms with E-state index in [1.807, 2.05) is 0 Å². The second kappa shape index (κ2) is 5.46. The van der Waals surface area contributed by atoms with Crippen LogP contribution in [0.5, 0.6) is 0 Å². The summed E-state index contributed by atoms with van der Waals surface area (Å²) in [6, 6.07) is 3.99. The van der Waals surface area contributed by atoms with E-state index in [9.17, 15) is 19.2 Å². The van der Waals surface area contributed by atoms with E-state index in [-0.39, 0.29) is 48.6 Å². The Morgan fingerprint density at radius 3 is 2.50 bits per heavy atom. The molecule has 114 valence electrons. The molecule has 1 aromatic carbocycles. The van der Waals surface area contributed by atoms with Crippen LogP contribution in [-0.4, -0.2) is 46.0 Å². The van der Waals surface area contributed by atoms with Crippen molar-refractivity contribution in [2.24, 2.45) is 0 Å². The average molecular weight is 301 g/mol. The van der Waals surface area contributed by atoms with Crippen LogP contribution >= 0.6 is 0 Å². The molecule has 1 atom stereocenters. The smallest absolute Gasteiger partial charge is 0.262 e. The fraction of sp³-hybridized carbons (Fsp3) is 0.375. The minimum atomic E-state index is -0.841. The Kier molecular flexibility index (Phi) is 3.62. The molecule has 6 nitrogen and oxygen atoms in total. The minimum Gasteiger partial charge on any atom is -0.396 e. The SMILES string of the molecule is O=C1CCC(N2C(=O)c3ccc(CCO)cc3C2=O)C(=O)C1. The van der Waals surface area contributed by atoms with Crippen LogP contribution in [0.15, 0.2) is 18.2 Å². The van der Waals surface area contributed by atoms with Crippen LogP contribution in [0.1, 0.15) is 45.5 Å². The number of aliphatic hydroxyl groups excluding tert-OH is 1. The van der Waals surface area contributed by atoms with Crippen LogP contribution in [0, 0.1) is 0 Å². The van der Waals surface area contributed by atoms with Crippen molar-refractivity contribution in [3.05, 3.63) is 34.9 Å². The molecular weight excluding hydrogens is 286 g/mol. The highest BCUT2D eigenvalue weighted by molar-refractivity contribution is 6.23. The van der Waals surface area contributed by atoms with Crippen LogP contribution < -0.4 is 0 Å². The van der Waals surface area contributed by atoms with Crippen molar-refractivity contribution in [3.8, 4) is 0 Å². The molecule has 6 heteroatoms. The number of imide groups is 1. The number of amides is 2. The van der Waals surface area contributed by atoms with Gasteiger partial charge in [-0.2, -0.15) is 0 Å². The van der Waals surface area contributed by atoms with Gasteiger partial charge >= 0.3 is 0 Å². The third-order valence-corrected chi connectivity index (χ3v) is 4.13. The maximum Gasteiger partial charge on any atom is 0.262 e. The molecule has 0 aromatic heterocycles. The molecule has 1 unspecified atom stereocenters. The number of carbonyl (C=O) groups excluding carboxylic acids is 4. The quantitative estimate of drug-likeness (QED) is 0.648. The largest absolute Gasteiger partial charge is 0.396 e. The summed E-state index contributed by atoms with van der Waals surface area (Å²) in [7, 11) is 0. The predicted octanol–water partition coefficient (Wildman–Crippen LogP) is 0.508. The fourth-order valence-corrected chi connectivity index (χ4v) is 3.01. The van der Waals surface area contributed by atoms with Gasteiger partial charge < -0.3 is 5.11 Å². The number of hydrogen-bond donors (Lipinski definition) is 1. The first kappa shape index (κ1) is 14.6. The monoisotopic (exact) mass is 301 g/mol. The van der Waals surface area contributed by atoms with Gasteiger partial charge in [0.2, 0.25) is 0 Å². The van der Waals surface area contributed by atoms with E-state index >= 15 is 0 Å². The van der Waals surface area contributed by atoms with Crippen molar-refractivity contribution in [1.29, 1.82) is 0 Å². The van der Waals surface area contributed by atoms with E-state index in [0.29, 0.717) is 6.42 Å². The van der Waals surface area contributed by atoms with Gasteiger partial charge in [-0.3, -0.25) is 24.1 Å². The molecule has 1 N–H and O–H groups in total. The maximum absolute atomic E-state index is 12.5. The standard InChI is InChI=1S/C16H15NO5/c18-6-5-9-1-3-11-12(7-9)16(22)17(15(11)21)13-4-2-10(19)8-14(13)20/h1,3,7,13,18H,2,4-6,8H2. The van der Waals surface area contributed by atoms with Gasteiger partial charge in [0.25, 0.3) is 11.8 Å². The third-order valence-electron chi connectivity index (χ3n) is 4.13. The van der Waals surface area contributed by atoms with Crippen molar-refractivity contribution in [3.63, 3.8) is 0 Å². The molecule has 0 spiro atoms. The normalized spacial score (nSPS) is 21.5. The molecule has 0 saturated heterocycles. The van der Waals surface area contributed by atoms with Crippen LogP contribution in [0.4, 0.5) is 0 Å². The second-order valence-corrected chi connectivity index (χ2v) is 5.57. The van der Waals surface area contributed by atoms with Gasteiger partial charge in [0.15, 0.2) is 5.78 Å². The molecule has 2 aliphatic rings. The van der Waals surface area contributed by atoms with Crippen LogP contribution in [-0.2, 0) is 16.0 Å². The number of carbonyl (C=O) groups is 4. The summed E-state index contributed by atoms with van der Waals surface area (Å²) in [4.78, 5) is 49.2. The fourth-order valence-electron chi connectivity index (χ4n) is 3.01. The van der Waals surface area contributed by atoms with Gasteiger partial charge in [-0.1, -0.05) is 6.07 Å². The molecule has 22 heavy (non-hydrogen) atoms. The Balaban J connectivity index is 1.93. The highest BCUT2D eigenvalue weighted by atomic mass is 16.3. The Morgan fingerprint density at radius 2 is 1.82 bits per heavy atom. The van der Waals surface area contributed by atoms with E-state index in [1.165, 1.54) is 0 Å². The summed E-state index contributed by atoms with van der Waals surface area (Å²) in [6.45, 7) is -0.0478. The predicted molar refractivity (Wildman–Crippen MR) is 75.4 cm³/mol. The Morgan fingerprint density at radius 1 is 1.09 bits per heavy atom. The van der Waals surface area contributed by atoms with Crippen molar-refractivity contribution in [2.75, 3.05) is 6.61 Å². The highest BCUT2D eigenvalue weighted by Crippen LogP contribution is 2.29. The first-order valence-corrected chi connectivity index (χ1v) is 7.19.